The van der Waals surface area contributed by atoms with Gasteiger partial charge in [-0.15, -0.1) is 0 Å². The molecule has 0 aliphatic carbocycles. The van der Waals surface area contributed by atoms with E-state index in [2.05, 4.69) is 11.1 Å². The van der Waals surface area contributed by atoms with Crippen LogP contribution in [0.3, 0.4) is 0 Å². The second-order valence-corrected chi connectivity index (χ2v) is 8.88. The molecule has 2 bridgehead atoms. The van der Waals surface area contributed by atoms with E-state index >= 15 is 0 Å². The van der Waals surface area contributed by atoms with E-state index in [1.165, 1.54) is 9.55 Å². The molecule has 132 valence electrons. The Hall–Kier alpha value is -2.53. The SMILES string of the molecule is O=S(=O)(c1ccccc1)n1cc(C2=CN3CCC2CC3)c2ccccc21. The van der Waals surface area contributed by atoms with Crippen LogP contribution in [0.4, 0.5) is 0 Å². The monoisotopic (exact) mass is 364 g/mol. The fourth-order valence-electron chi connectivity index (χ4n) is 4.22. The highest BCUT2D eigenvalue weighted by molar-refractivity contribution is 7.90. The summed E-state index contributed by atoms with van der Waals surface area (Å²) in [6, 6.07) is 16.4. The van der Waals surface area contributed by atoms with E-state index in [0.29, 0.717) is 10.8 Å². The van der Waals surface area contributed by atoms with Crippen molar-refractivity contribution in [2.75, 3.05) is 13.1 Å². The molecular weight excluding hydrogens is 344 g/mol. The van der Waals surface area contributed by atoms with Crippen molar-refractivity contribution in [3.8, 4) is 0 Å². The predicted molar refractivity (Wildman–Crippen MR) is 103 cm³/mol. The number of aromatic nitrogens is 1. The Morgan fingerprint density at radius 3 is 2.27 bits per heavy atom. The zero-order valence-electron chi connectivity index (χ0n) is 14.4. The van der Waals surface area contributed by atoms with Crippen LogP contribution in [0.1, 0.15) is 18.4 Å². The quantitative estimate of drug-likeness (QED) is 0.707. The summed E-state index contributed by atoms with van der Waals surface area (Å²) >= 11 is 0. The number of benzene rings is 2. The van der Waals surface area contributed by atoms with Gasteiger partial charge in [0.1, 0.15) is 0 Å². The summed E-state index contributed by atoms with van der Waals surface area (Å²) in [5.41, 5.74) is 3.07. The number of allylic oxidation sites excluding steroid dienone is 1. The fourth-order valence-corrected chi connectivity index (χ4v) is 5.61. The molecule has 0 amide bonds. The molecule has 1 fully saturated rings. The molecule has 0 unspecified atom stereocenters. The van der Waals surface area contributed by atoms with Gasteiger partial charge >= 0.3 is 0 Å². The number of para-hydroxylation sites is 1. The lowest BCUT2D eigenvalue weighted by molar-refractivity contribution is 0.252. The van der Waals surface area contributed by atoms with Crippen molar-refractivity contribution in [3.63, 3.8) is 0 Å². The summed E-state index contributed by atoms with van der Waals surface area (Å²) in [7, 11) is -3.62. The zero-order valence-corrected chi connectivity index (χ0v) is 15.2. The summed E-state index contributed by atoms with van der Waals surface area (Å²) in [5.74, 6) is 0.527. The lowest BCUT2D eigenvalue weighted by atomic mass is 9.82. The van der Waals surface area contributed by atoms with Crippen LogP contribution in [0.15, 0.2) is 71.9 Å². The lowest BCUT2D eigenvalue weighted by Gasteiger charge is -2.39. The lowest BCUT2D eigenvalue weighted by Crippen LogP contribution is -2.35. The van der Waals surface area contributed by atoms with Crippen molar-refractivity contribution < 1.29 is 8.42 Å². The second kappa shape index (κ2) is 5.74. The fraction of sp³-hybridized carbons (Fsp3) is 0.238. The summed E-state index contributed by atoms with van der Waals surface area (Å²) in [5, 5.41) is 1.01. The summed E-state index contributed by atoms with van der Waals surface area (Å²) in [6.07, 6.45) is 6.35. The van der Waals surface area contributed by atoms with Crippen molar-refractivity contribution in [2.24, 2.45) is 5.92 Å². The van der Waals surface area contributed by atoms with E-state index in [1.54, 1.807) is 24.3 Å². The van der Waals surface area contributed by atoms with Gasteiger partial charge in [0.05, 0.1) is 10.4 Å². The van der Waals surface area contributed by atoms with Gasteiger partial charge < -0.3 is 4.90 Å². The van der Waals surface area contributed by atoms with Gasteiger partial charge in [0, 0.05) is 36.4 Å². The molecule has 0 atom stereocenters. The maximum atomic E-state index is 13.2. The number of rotatable bonds is 3. The van der Waals surface area contributed by atoms with Gasteiger partial charge in [-0.25, -0.2) is 12.4 Å². The first-order chi connectivity index (χ1) is 12.6. The number of hydrogen-bond donors (Lipinski definition) is 0. The Kier molecular flexibility index (Phi) is 3.47. The Balaban J connectivity index is 1.74. The van der Waals surface area contributed by atoms with Crippen LogP contribution in [-0.2, 0) is 10.0 Å². The highest BCUT2D eigenvalue weighted by Crippen LogP contribution is 2.41. The topological polar surface area (TPSA) is 42.3 Å². The third kappa shape index (κ3) is 2.31. The van der Waals surface area contributed by atoms with Gasteiger partial charge in [-0.3, -0.25) is 0 Å². The third-order valence-electron chi connectivity index (χ3n) is 5.58. The van der Waals surface area contributed by atoms with Crippen LogP contribution in [0.25, 0.3) is 16.5 Å². The normalized spacial score (nSPS) is 17.7. The van der Waals surface area contributed by atoms with Crippen molar-refractivity contribution in [1.29, 1.82) is 0 Å². The second-order valence-electron chi connectivity index (χ2n) is 7.07. The molecule has 0 spiro atoms. The molecule has 0 saturated carbocycles. The van der Waals surface area contributed by atoms with Crippen LogP contribution < -0.4 is 0 Å². The predicted octanol–water partition coefficient (Wildman–Crippen LogP) is 3.94. The average Bonchev–Trinajstić information content (AvgIpc) is 3.10. The molecule has 4 heterocycles. The maximum absolute atomic E-state index is 13.2. The Morgan fingerprint density at radius 2 is 1.58 bits per heavy atom. The minimum atomic E-state index is -3.62. The molecule has 6 rings (SSSR count). The molecule has 5 heteroatoms. The number of nitrogens with zero attached hydrogens (tertiary/aromatic N) is 2. The van der Waals surface area contributed by atoms with Gasteiger partial charge in [0.2, 0.25) is 0 Å². The number of piperidine rings is 1. The van der Waals surface area contributed by atoms with Crippen molar-refractivity contribution in [1.82, 2.24) is 8.87 Å². The van der Waals surface area contributed by atoms with E-state index in [-0.39, 0.29) is 0 Å². The minimum absolute atomic E-state index is 0.315. The van der Waals surface area contributed by atoms with E-state index in [1.807, 2.05) is 36.5 Å². The summed E-state index contributed by atoms with van der Waals surface area (Å²) < 4.78 is 27.9. The molecule has 1 aromatic heterocycles. The maximum Gasteiger partial charge on any atom is 0.268 e. The van der Waals surface area contributed by atoms with Crippen LogP contribution in [0, 0.1) is 5.92 Å². The van der Waals surface area contributed by atoms with Gasteiger partial charge in [0.25, 0.3) is 10.0 Å². The summed E-state index contributed by atoms with van der Waals surface area (Å²) in [4.78, 5) is 2.67. The van der Waals surface area contributed by atoms with Crippen LogP contribution in [0.5, 0.6) is 0 Å². The molecule has 3 aliphatic rings. The molecule has 0 N–H and O–H groups in total. The van der Waals surface area contributed by atoms with Crippen molar-refractivity contribution >= 4 is 26.5 Å². The minimum Gasteiger partial charge on any atom is -0.377 e. The number of hydrogen-bond acceptors (Lipinski definition) is 3. The number of fused-ring (bicyclic) bond motifs is 3. The highest BCUT2D eigenvalue weighted by atomic mass is 32.2. The highest BCUT2D eigenvalue weighted by Gasteiger charge is 2.30. The van der Waals surface area contributed by atoms with E-state index < -0.39 is 10.0 Å². The first kappa shape index (κ1) is 15.7. The van der Waals surface area contributed by atoms with Crippen molar-refractivity contribution in [2.45, 2.75) is 17.7 Å². The molecule has 4 nitrogen and oxygen atoms in total. The molecule has 0 radical (unpaired) electrons. The Morgan fingerprint density at radius 1 is 0.885 bits per heavy atom. The van der Waals surface area contributed by atoms with E-state index in [0.717, 1.165) is 42.4 Å². The van der Waals surface area contributed by atoms with Gasteiger partial charge in [-0.1, -0.05) is 36.4 Å². The summed E-state index contributed by atoms with van der Waals surface area (Å²) in [6.45, 7) is 2.21. The van der Waals surface area contributed by atoms with Gasteiger partial charge in [-0.2, -0.15) is 0 Å². The molecule has 2 aromatic carbocycles. The van der Waals surface area contributed by atoms with Crippen LogP contribution in [-0.4, -0.2) is 30.4 Å². The molecule has 26 heavy (non-hydrogen) atoms. The Labute approximate surface area is 153 Å². The molecular formula is C21H20N2O2S. The molecule has 3 aliphatic heterocycles. The average molecular weight is 364 g/mol. The van der Waals surface area contributed by atoms with Crippen molar-refractivity contribution in [3.05, 3.63) is 72.6 Å². The Bertz CT molecular complexity index is 1110. The molecule has 3 aromatic rings. The van der Waals surface area contributed by atoms with E-state index in [4.69, 9.17) is 0 Å². The largest absolute Gasteiger partial charge is 0.377 e. The molecule has 1 saturated heterocycles. The standard InChI is InChI=1S/C21H20N2O2S/c24-26(25,17-6-2-1-3-7-17)23-15-20(18-8-4-5-9-21(18)23)19-14-22-12-10-16(19)11-13-22/h1-9,14-16H,10-13H2. The van der Waals surface area contributed by atoms with Gasteiger partial charge in [0.15, 0.2) is 0 Å². The first-order valence-corrected chi connectivity index (χ1v) is 10.5. The van der Waals surface area contributed by atoms with Crippen LogP contribution >= 0.6 is 0 Å². The first-order valence-electron chi connectivity index (χ1n) is 9.01. The van der Waals surface area contributed by atoms with Crippen LogP contribution in [0.2, 0.25) is 0 Å². The van der Waals surface area contributed by atoms with E-state index in [9.17, 15) is 8.42 Å². The van der Waals surface area contributed by atoms with Gasteiger partial charge in [-0.05, 0) is 42.5 Å². The third-order valence-corrected chi connectivity index (χ3v) is 7.27. The smallest absolute Gasteiger partial charge is 0.268 e. The zero-order chi connectivity index (χ0) is 17.7.